The van der Waals surface area contributed by atoms with Crippen molar-refractivity contribution in [2.45, 2.75) is 31.2 Å². The molecule has 0 saturated heterocycles. The summed E-state index contributed by atoms with van der Waals surface area (Å²) in [6, 6.07) is 14.3. The first-order chi connectivity index (χ1) is 10.4. The molecule has 0 aliphatic carbocycles. The number of nitrogens with one attached hydrogen (secondary N) is 1. The number of hydrogen-bond donors (Lipinski definition) is 1. The van der Waals surface area contributed by atoms with Gasteiger partial charge in [0.05, 0.1) is 12.0 Å². The van der Waals surface area contributed by atoms with Gasteiger partial charge in [-0.25, -0.2) is 13.1 Å². The second-order valence-corrected chi connectivity index (χ2v) is 7.17. The number of rotatable bonds is 6. The summed E-state index contributed by atoms with van der Waals surface area (Å²) >= 11 is 0. The van der Waals surface area contributed by atoms with Crippen molar-refractivity contribution in [3.8, 4) is 5.75 Å². The lowest BCUT2D eigenvalue weighted by atomic mass is 10.0. The molecule has 0 atom stereocenters. The molecular weight excluding hydrogens is 298 g/mol. The summed E-state index contributed by atoms with van der Waals surface area (Å²) < 4.78 is 32.3. The van der Waals surface area contributed by atoms with Crippen LogP contribution in [0.15, 0.2) is 53.4 Å². The lowest BCUT2D eigenvalue weighted by molar-refractivity contribution is 0.414. The van der Waals surface area contributed by atoms with Crippen molar-refractivity contribution < 1.29 is 13.2 Å². The summed E-state index contributed by atoms with van der Waals surface area (Å²) in [4.78, 5) is 0.278. The zero-order chi connectivity index (χ0) is 16.2. The van der Waals surface area contributed by atoms with Gasteiger partial charge in [0.2, 0.25) is 10.0 Å². The Morgan fingerprint density at radius 3 is 2.36 bits per heavy atom. The predicted molar refractivity (Wildman–Crippen MR) is 87.6 cm³/mol. The van der Waals surface area contributed by atoms with Gasteiger partial charge in [-0.2, -0.15) is 0 Å². The highest BCUT2D eigenvalue weighted by atomic mass is 32.2. The third-order valence-electron chi connectivity index (χ3n) is 3.46. The molecule has 0 aromatic heterocycles. The second-order valence-electron chi connectivity index (χ2n) is 5.40. The average Bonchev–Trinajstić information content (AvgIpc) is 2.53. The molecule has 1 N–H and O–H groups in total. The lowest BCUT2D eigenvalue weighted by Crippen LogP contribution is -2.23. The molecule has 0 fully saturated rings. The van der Waals surface area contributed by atoms with Gasteiger partial charge >= 0.3 is 0 Å². The average molecular weight is 319 g/mol. The molecule has 0 radical (unpaired) electrons. The summed E-state index contributed by atoms with van der Waals surface area (Å²) in [6.07, 6.45) is 0. The van der Waals surface area contributed by atoms with E-state index in [4.69, 9.17) is 4.74 Å². The summed E-state index contributed by atoms with van der Waals surface area (Å²) in [7, 11) is -1.93. The van der Waals surface area contributed by atoms with E-state index in [1.165, 1.54) is 0 Å². The monoisotopic (exact) mass is 319 g/mol. The first-order valence-electron chi connectivity index (χ1n) is 7.15. The molecule has 0 saturated carbocycles. The van der Waals surface area contributed by atoms with E-state index in [0.717, 1.165) is 11.1 Å². The largest absolute Gasteiger partial charge is 0.497 e. The fourth-order valence-corrected chi connectivity index (χ4v) is 3.09. The smallest absolute Gasteiger partial charge is 0.240 e. The van der Waals surface area contributed by atoms with Crippen LogP contribution in [0.1, 0.15) is 30.9 Å². The fraction of sp³-hybridized carbons (Fsp3) is 0.294. The number of methoxy groups -OCH3 is 1. The van der Waals surface area contributed by atoms with E-state index in [-0.39, 0.29) is 11.4 Å². The van der Waals surface area contributed by atoms with Crippen molar-refractivity contribution in [3.05, 3.63) is 59.7 Å². The minimum absolute atomic E-state index is 0.228. The van der Waals surface area contributed by atoms with Crippen LogP contribution >= 0.6 is 0 Å². The fourth-order valence-electron chi connectivity index (χ4n) is 2.08. The summed E-state index contributed by atoms with van der Waals surface area (Å²) in [6.45, 7) is 4.38. The third-order valence-corrected chi connectivity index (χ3v) is 4.87. The molecule has 0 unspecified atom stereocenters. The van der Waals surface area contributed by atoms with Crippen molar-refractivity contribution in [3.63, 3.8) is 0 Å². The van der Waals surface area contributed by atoms with Crippen LogP contribution in [0.4, 0.5) is 0 Å². The molecular formula is C17H21NO3S. The van der Waals surface area contributed by atoms with Crippen LogP contribution in [0.5, 0.6) is 5.75 Å². The summed E-state index contributed by atoms with van der Waals surface area (Å²) in [5.41, 5.74) is 1.97. The van der Waals surface area contributed by atoms with Crippen LogP contribution in [0, 0.1) is 0 Å². The van der Waals surface area contributed by atoms with E-state index in [9.17, 15) is 8.42 Å². The van der Waals surface area contributed by atoms with Gasteiger partial charge in [-0.05, 0) is 41.3 Å². The Bertz CT molecular complexity index is 722. The maximum absolute atomic E-state index is 12.3. The molecule has 0 bridgehead atoms. The minimum Gasteiger partial charge on any atom is -0.497 e. The zero-order valence-corrected chi connectivity index (χ0v) is 13.9. The highest BCUT2D eigenvalue weighted by Gasteiger charge is 2.14. The SMILES string of the molecule is COc1cccc(CNS(=O)(=O)c2ccc(C(C)C)cc2)c1. The van der Waals surface area contributed by atoms with E-state index in [2.05, 4.69) is 18.6 Å². The Morgan fingerprint density at radius 1 is 1.09 bits per heavy atom. The van der Waals surface area contributed by atoms with Gasteiger partial charge in [0.15, 0.2) is 0 Å². The van der Waals surface area contributed by atoms with Crippen molar-refractivity contribution in [1.29, 1.82) is 0 Å². The Balaban J connectivity index is 2.10. The first-order valence-corrected chi connectivity index (χ1v) is 8.63. The molecule has 0 heterocycles. The summed E-state index contributed by atoms with van der Waals surface area (Å²) in [5, 5.41) is 0. The molecule has 5 heteroatoms. The van der Waals surface area contributed by atoms with Gasteiger partial charge in [0.25, 0.3) is 0 Å². The van der Waals surface area contributed by atoms with Crippen LogP contribution in [0.25, 0.3) is 0 Å². The Kier molecular flexibility index (Phi) is 5.21. The molecule has 2 aromatic carbocycles. The second kappa shape index (κ2) is 6.94. The molecule has 118 valence electrons. The van der Waals surface area contributed by atoms with Crippen molar-refractivity contribution >= 4 is 10.0 Å². The van der Waals surface area contributed by atoms with Crippen molar-refractivity contribution in [2.75, 3.05) is 7.11 Å². The Morgan fingerprint density at radius 2 is 1.77 bits per heavy atom. The van der Waals surface area contributed by atoms with Crippen molar-refractivity contribution in [1.82, 2.24) is 4.72 Å². The van der Waals surface area contributed by atoms with E-state index in [0.29, 0.717) is 11.7 Å². The van der Waals surface area contributed by atoms with Crippen LogP contribution < -0.4 is 9.46 Å². The van der Waals surface area contributed by atoms with E-state index in [1.807, 2.05) is 36.4 Å². The van der Waals surface area contributed by atoms with E-state index >= 15 is 0 Å². The zero-order valence-electron chi connectivity index (χ0n) is 13.0. The number of benzene rings is 2. The standard InChI is InChI=1S/C17H21NO3S/c1-13(2)15-7-9-17(10-8-15)22(19,20)18-12-14-5-4-6-16(11-14)21-3/h4-11,13,18H,12H2,1-3H3. The van der Waals surface area contributed by atoms with Gasteiger partial charge < -0.3 is 4.74 Å². The maximum atomic E-state index is 12.3. The molecule has 0 amide bonds. The quantitative estimate of drug-likeness (QED) is 0.889. The summed E-state index contributed by atoms with van der Waals surface area (Å²) in [5.74, 6) is 1.08. The van der Waals surface area contributed by atoms with Crippen LogP contribution in [0.2, 0.25) is 0 Å². The van der Waals surface area contributed by atoms with E-state index < -0.39 is 10.0 Å². The normalized spacial score (nSPS) is 11.6. The highest BCUT2D eigenvalue weighted by molar-refractivity contribution is 7.89. The number of ether oxygens (including phenoxy) is 1. The van der Waals surface area contributed by atoms with E-state index in [1.54, 1.807) is 19.2 Å². The molecule has 22 heavy (non-hydrogen) atoms. The van der Waals surface area contributed by atoms with Gasteiger partial charge in [0.1, 0.15) is 5.75 Å². The first kappa shape index (κ1) is 16.5. The Hall–Kier alpha value is -1.85. The molecule has 4 nitrogen and oxygen atoms in total. The molecule has 0 aliphatic rings. The number of sulfonamides is 1. The minimum atomic E-state index is -3.51. The molecule has 0 spiro atoms. The predicted octanol–water partition coefficient (Wildman–Crippen LogP) is 3.30. The van der Waals surface area contributed by atoms with Crippen LogP contribution in [0.3, 0.4) is 0 Å². The van der Waals surface area contributed by atoms with Crippen LogP contribution in [-0.2, 0) is 16.6 Å². The maximum Gasteiger partial charge on any atom is 0.240 e. The van der Waals surface area contributed by atoms with Gasteiger partial charge in [0, 0.05) is 6.54 Å². The van der Waals surface area contributed by atoms with Gasteiger partial charge in [-0.3, -0.25) is 0 Å². The van der Waals surface area contributed by atoms with Crippen LogP contribution in [-0.4, -0.2) is 15.5 Å². The molecule has 2 rings (SSSR count). The Labute approximate surface area is 132 Å². The van der Waals surface area contributed by atoms with Crippen molar-refractivity contribution in [2.24, 2.45) is 0 Å². The van der Waals surface area contributed by atoms with Gasteiger partial charge in [-0.1, -0.05) is 38.1 Å². The van der Waals surface area contributed by atoms with Gasteiger partial charge in [-0.15, -0.1) is 0 Å². The molecule has 0 aliphatic heterocycles. The molecule has 2 aromatic rings. The third kappa shape index (κ3) is 4.08. The topological polar surface area (TPSA) is 55.4 Å². The number of hydrogen-bond acceptors (Lipinski definition) is 3. The lowest BCUT2D eigenvalue weighted by Gasteiger charge is -2.10. The highest BCUT2D eigenvalue weighted by Crippen LogP contribution is 2.18.